The van der Waals surface area contributed by atoms with Crippen LogP contribution in [0.2, 0.25) is 0 Å². The molecule has 0 spiro atoms. The molecule has 3 nitrogen and oxygen atoms in total. The molecule has 0 heterocycles. The summed E-state index contributed by atoms with van der Waals surface area (Å²) in [6, 6.07) is 10.2. The van der Waals surface area contributed by atoms with Crippen molar-refractivity contribution in [1.29, 1.82) is 0 Å². The van der Waals surface area contributed by atoms with Crippen molar-refractivity contribution < 1.29 is 9.53 Å². The van der Waals surface area contributed by atoms with E-state index < -0.39 is 0 Å². The van der Waals surface area contributed by atoms with Crippen LogP contribution in [0.4, 0.5) is 0 Å². The van der Waals surface area contributed by atoms with Crippen molar-refractivity contribution in [2.24, 2.45) is 11.1 Å². The van der Waals surface area contributed by atoms with Crippen LogP contribution in [-0.4, -0.2) is 12.5 Å². The predicted octanol–water partition coefficient (Wildman–Crippen LogP) is 3.67. The standard InChI is InChI=1S/C17H27NO2/c1-3-17(4-2,16(18)19)12-8-9-13-20-14-15-10-6-5-7-11-15/h5-7,10-11H,3-4,8-9,12-14H2,1-2H3,(H2,18,19). The van der Waals surface area contributed by atoms with E-state index in [2.05, 4.69) is 12.1 Å². The lowest BCUT2D eigenvalue weighted by atomic mass is 9.77. The number of hydrogen-bond donors (Lipinski definition) is 1. The van der Waals surface area contributed by atoms with E-state index in [0.717, 1.165) is 38.7 Å². The third-order valence-electron chi connectivity index (χ3n) is 4.18. The number of nitrogens with two attached hydrogens (primary N) is 1. The van der Waals surface area contributed by atoms with Gasteiger partial charge in [0.25, 0.3) is 0 Å². The number of ether oxygens (including phenoxy) is 1. The normalized spacial score (nSPS) is 11.5. The lowest BCUT2D eigenvalue weighted by molar-refractivity contribution is -0.128. The lowest BCUT2D eigenvalue weighted by Crippen LogP contribution is -2.36. The number of rotatable bonds is 10. The highest BCUT2D eigenvalue weighted by Crippen LogP contribution is 2.32. The zero-order chi connectivity index (χ0) is 14.8. The quantitative estimate of drug-likeness (QED) is 0.663. The second-order valence-corrected chi connectivity index (χ2v) is 5.35. The number of primary amides is 1. The summed E-state index contributed by atoms with van der Waals surface area (Å²) >= 11 is 0. The molecule has 0 saturated heterocycles. The Labute approximate surface area is 122 Å². The van der Waals surface area contributed by atoms with Crippen LogP contribution in [0, 0.1) is 5.41 Å². The van der Waals surface area contributed by atoms with Gasteiger partial charge in [-0.3, -0.25) is 4.79 Å². The largest absolute Gasteiger partial charge is 0.377 e. The zero-order valence-electron chi connectivity index (χ0n) is 12.7. The van der Waals surface area contributed by atoms with E-state index in [0.29, 0.717) is 6.61 Å². The Morgan fingerprint density at radius 2 is 1.80 bits per heavy atom. The molecule has 0 aliphatic rings. The third kappa shape index (κ3) is 4.97. The van der Waals surface area contributed by atoms with Gasteiger partial charge in [0.15, 0.2) is 0 Å². The molecule has 0 aliphatic carbocycles. The summed E-state index contributed by atoms with van der Waals surface area (Å²) in [5.41, 5.74) is 6.41. The molecule has 0 bridgehead atoms. The van der Waals surface area contributed by atoms with Crippen molar-refractivity contribution in [2.45, 2.75) is 52.6 Å². The van der Waals surface area contributed by atoms with Gasteiger partial charge < -0.3 is 10.5 Å². The van der Waals surface area contributed by atoms with E-state index >= 15 is 0 Å². The molecule has 112 valence electrons. The summed E-state index contributed by atoms with van der Waals surface area (Å²) < 4.78 is 5.65. The summed E-state index contributed by atoms with van der Waals surface area (Å²) in [4.78, 5) is 11.6. The molecule has 0 aromatic heterocycles. The Morgan fingerprint density at radius 1 is 1.15 bits per heavy atom. The van der Waals surface area contributed by atoms with Gasteiger partial charge >= 0.3 is 0 Å². The van der Waals surface area contributed by atoms with E-state index in [4.69, 9.17) is 10.5 Å². The van der Waals surface area contributed by atoms with Gasteiger partial charge in [-0.15, -0.1) is 0 Å². The van der Waals surface area contributed by atoms with E-state index in [1.165, 1.54) is 5.56 Å². The first-order chi connectivity index (χ1) is 9.64. The molecule has 0 unspecified atom stereocenters. The molecule has 1 amide bonds. The summed E-state index contributed by atoms with van der Waals surface area (Å²) in [5.74, 6) is -0.160. The van der Waals surface area contributed by atoms with Crippen LogP contribution >= 0.6 is 0 Å². The van der Waals surface area contributed by atoms with Gasteiger partial charge in [0, 0.05) is 12.0 Å². The summed E-state index contributed by atoms with van der Waals surface area (Å²) in [5, 5.41) is 0. The zero-order valence-corrected chi connectivity index (χ0v) is 12.7. The van der Waals surface area contributed by atoms with Crippen LogP contribution < -0.4 is 5.73 Å². The van der Waals surface area contributed by atoms with Crippen LogP contribution in [0.25, 0.3) is 0 Å². The van der Waals surface area contributed by atoms with E-state index in [1.807, 2.05) is 32.0 Å². The maximum absolute atomic E-state index is 11.6. The SMILES string of the molecule is CCC(CC)(CCCCOCc1ccccc1)C(N)=O. The minimum absolute atomic E-state index is 0.160. The molecule has 20 heavy (non-hydrogen) atoms. The first-order valence-electron chi connectivity index (χ1n) is 7.56. The van der Waals surface area contributed by atoms with Gasteiger partial charge in [-0.05, 0) is 31.2 Å². The van der Waals surface area contributed by atoms with Crippen LogP contribution in [0.15, 0.2) is 30.3 Å². The van der Waals surface area contributed by atoms with Crippen molar-refractivity contribution >= 4 is 5.91 Å². The molecule has 0 atom stereocenters. The van der Waals surface area contributed by atoms with Gasteiger partial charge in [-0.25, -0.2) is 0 Å². The fourth-order valence-electron chi connectivity index (χ4n) is 2.51. The fourth-order valence-corrected chi connectivity index (χ4v) is 2.51. The van der Waals surface area contributed by atoms with Gasteiger partial charge in [0.05, 0.1) is 6.61 Å². The van der Waals surface area contributed by atoms with Crippen molar-refractivity contribution in [3.63, 3.8) is 0 Å². The van der Waals surface area contributed by atoms with Gasteiger partial charge in [0.2, 0.25) is 5.91 Å². The van der Waals surface area contributed by atoms with E-state index in [1.54, 1.807) is 0 Å². The third-order valence-corrected chi connectivity index (χ3v) is 4.18. The van der Waals surface area contributed by atoms with Crippen LogP contribution in [-0.2, 0) is 16.1 Å². The van der Waals surface area contributed by atoms with Gasteiger partial charge in [-0.2, -0.15) is 0 Å². The molecule has 1 rings (SSSR count). The van der Waals surface area contributed by atoms with Crippen LogP contribution in [0.3, 0.4) is 0 Å². The first kappa shape index (κ1) is 16.7. The molecule has 0 aliphatic heterocycles. The van der Waals surface area contributed by atoms with Gasteiger partial charge in [-0.1, -0.05) is 50.6 Å². The minimum Gasteiger partial charge on any atom is -0.377 e. The monoisotopic (exact) mass is 277 g/mol. The summed E-state index contributed by atoms with van der Waals surface area (Å²) in [6.07, 6.45) is 4.47. The van der Waals surface area contributed by atoms with E-state index in [-0.39, 0.29) is 11.3 Å². The van der Waals surface area contributed by atoms with Crippen LogP contribution in [0.1, 0.15) is 51.5 Å². The van der Waals surface area contributed by atoms with E-state index in [9.17, 15) is 4.79 Å². The number of hydrogen-bond acceptors (Lipinski definition) is 2. The highest BCUT2D eigenvalue weighted by atomic mass is 16.5. The van der Waals surface area contributed by atoms with Crippen molar-refractivity contribution in [1.82, 2.24) is 0 Å². The molecular formula is C17H27NO2. The number of unbranched alkanes of at least 4 members (excludes halogenated alkanes) is 1. The molecule has 1 aromatic rings. The Kier molecular flexibility index (Phi) is 7.31. The number of benzene rings is 1. The number of carbonyl (C=O) groups is 1. The van der Waals surface area contributed by atoms with Crippen molar-refractivity contribution in [2.75, 3.05) is 6.61 Å². The Hall–Kier alpha value is -1.35. The average Bonchev–Trinajstić information content (AvgIpc) is 2.48. The fraction of sp³-hybridized carbons (Fsp3) is 0.588. The molecule has 3 heteroatoms. The number of carbonyl (C=O) groups excluding carboxylic acids is 1. The summed E-state index contributed by atoms with van der Waals surface area (Å²) in [7, 11) is 0. The molecule has 0 radical (unpaired) electrons. The molecule has 0 saturated carbocycles. The van der Waals surface area contributed by atoms with Crippen LogP contribution in [0.5, 0.6) is 0 Å². The Bertz CT molecular complexity index is 385. The van der Waals surface area contributed by atoms with Gasteiger partial charge in [0.1, 0.15) is 0 Å². The maximum Gasteiger partial charge on any atom is 0.223 e. The maximum atomic E-state index is 11.6. The second-order valence-electron chi connectivity index (χ2n) is 5.35. The predicted molar refractivity (Wildman–Crippen MR) is 82.2 cm³/mol. The summed E-state index contributed by atoms with van der Waals surface area (Å²) in [6.45, 7) is 5.47. The molecule has 0 fully saturated rings. The molecule has 2 N–H and O–H groups in total. The van der Waals surface area contributed by atoms with Crippen molar-refractivity contribution in [3.8, 4) is 0 Å². The Morgan fingerprint density at radius 3 is 2.35 bits per heavy atom. The van der Waals surface area contributed by atoms with Crippen molar-refractivity contribution in [3.05, 3.63) is 35.9 Å². The smallest absolute Gasteiger partial charge is 0.223 e. The lowest BCUT2D eigenvalue weighted by Gasteiger charge is -2.27. The molecular weight excluding hydrogens is 250 g/mol. The minimum atomic E-state index is -0.320. The first-order valence-corrected chi connectivity index (χ1v) is 7.56. The Balaban J connectivity index is 2.20. The number of amides is 1. The average molecular weight is 277 g/mol. The highest BCUT2D eigenvalue weighted by Gasteiger charge is 2.31. The second kappa shape index (κ2) is 8.75. The topological polar surface area (TPSA) is 52.3 Å². The molecule has 1 aromatic carbocycles. The highest BCUT2D eigenvalue weighted by molar-refractivity contribution is 5.80.